The summed E-state index contributed by atoms with van der Waals surface area (Å²) < 4.78 is 0. The van der Waals surface area contributed by atoms with E-state index < -0.39 is 0 Å². The van der Waals surface area contributed by atoms with Crippen LogP contribution < -0.4 is 0 Å². The lowest BCUT2D eigenvalue weighted by molar-refractivity contribution is 0.0412. The molecule has 112 valence electrons. The molecule has 0 aromatic rings. The van der Waals surface area contributed by atoms with Crippen molar-refractivity contribution < 1.29 is 0 Å². The van der Waals surface area contributed by atoms with Crippen molar-refractivity contribution in [1.29, 1.82) is 0 Å². The Morgan fingerprint density at radius 1 is 1.00 bits per heavy atom. The van der Waals surface area contributed by atoms with E-state index in [9.17, 15) is 0 Å². The Hall–Kier alpha value is -1.58. The standard InChI is InChI=1S/C16H28N4/c1-6-7-8-19-11-9-17(4)15(19)16-18(5)10-12-20(16)13-14(2)3/h9-13,15-16H,6-8H2,1-5H3. The van der Waals surface area contributed by atoms with Gasteiger partial charge in [-0.3, -0.25) is 0 Å². The number of nitrogens with zero attached hydrogens (tertiary/aromatic N) is 4. The molecule has 2 aliphatic heterocycles. The summed E-state index contributed by atoms with van der Waals surface area (Å²) in [6, 6.07) is 0. The molecule has 0 fully saturated rings. The average molecular weight is 276 g/mol. The van der Waals surface area contributed by atoms with Gasteiger partial charge in [-0.1, -0.05) is 18.9 Å². The summed E-state index contributed by atoms with van der Waals surface area (Å²) in [5, 5.41) is 0. The number of hydrogen-bond acceptors (Lipinski definition) is 4. The molecular weight excluding hydrogens is 248 g/mol. The molecule has 2 rings (SSSR count). The van der Waals surface area contributed by atoms with E-state index in [1.165, 1.54) is 18.4 Å². The van der Waals surface area contributed by atoms with Gasteiger partial charge in [-0.25, -0.2) is 0 Å². The van der Waals surface area contributed by atoms with Crippen molar-refractivity contribution in [2.45, 2.75) is 45.9 Å². The van der Waals surface area contributed by atoms with Crippen LogP contribution in [0.15, 0.2) is 36.6 Å². The molecule has 0 bridgehead atoms. The molecule has 0 aliphatic carbocycles. The lowest BCUT2D eigenvalue weighted by atomic mass is 10.2. The lowest BCUT2D eigenvalue weighted by Gasteiger charge is -2.41. The van der Waals surface area contributed by atoms with E-state index in [2.05, 4.69) is 85.5 Å². The molecular formula is C16H28N4. The van der Waals surface area contributed by atoms with Crippen molar-refractivity contribution in [3.63, 3.8) is 0 Å². The Kier molecular flexibility index (Phi) is 4.63. The Morgan fingerprint density at radius 2 is 1.65 bits per heavy atom. The van der Waals surface area contributed by atoms with E-state index in [0.29, 0.717) is 12.3 Å². The molecule has 0 amide bonds. The van der Waals surface area contributed by atoms with E-state index in [4.69, 9.17) is 0 Å². The van der Waals surface area contributed by atoms with Crippen molar-refractivity contribution in [1.82, 2.24) is 19.6 Å². The molecule has 2 heterocycles. The second kappa shape index (κ2) is 6.25. The predicted molar refractivity (Wildman–Crippen MR) is 84.3 cm³/mol. The van der Waals surface area contributed by atoms with Crippen LogP contribution in [-0.4, -0.2) is 52.6 Å². The van der Waals surface area contributed by atoms with Crippen LogP contribution in [-0.2, 0) is 0 Å². The highest BCUT2D eigenvalue weighted by atomic mass is 15.5. The Bertz CT molecular complexity index is 409. The van der Waals surface area contributed by atoms with Gasteiger partial charge in [0.15, 0.2) is 0 Å². The van der Waals surface area contributed by atoms with Crippen molar-refractivity contribution >= 4 is 0 Å². The molecule has 0 spiro atoms. The largest absolute Gasteiger partial charge is 0.356 e. The number of unbranched alkanes of at least 4 members (excludes halogenated alkanes) is 1. The monoisotopic (exact) mass is 276 g/mol. The van der Waals surface area contributed by atoms with Crippen molar-refractivity contribution in [2.75, 3.05) is 20.6 Å². The van der Waals surface area contributed by atoms with Gasteiger partial charge in [0.2, 0.25) is 0 Å². The first kappa shape index (κ1) is 14.8. The van der Waals surface area contributed by atoms with Crippen LogP contribution in [0.5, 0.6) is 0 Å². The Labute approximate surface area is 123 Å². The van der Waals surface area contributed by atoms with Crippen molar-refractivity contribution in [3.05, 3.63) is 36.6 Å². The molecule has 4 heteroatoms. The summed E-state index contributed by atoms with van der Waals surface area (Å²) in [6.45, 7) is 7.66. The summed E-state index contributed by atoms with van der Waals surface area (Å²) in [6.07, 6.45) is 14.1. The summed E-state index contributed by atoms with van der Waals surface area (Å²) in [7, 11) is 4.32. The van der Waals surface area contributed by atoms with E-state index >= 15 is 0 Å². The predicted octanol–water partition coefficient (Wildman–Crippen LogP) is 2.80. The molecule has 0 aromatic heterocycles. The van der Waals surface area contributed by atoms with Gasteiger partial charge in [-0.15, -0.1) is 0 Å². The Balaban J connectivity index is 2.16. The Morgan fingerprint density at radius 3 is 2.30 bits per heavy atom. The summed E-state index contributed by atoms with van der Waals surface area (Å²) in [4.78, 5) is 9.40. The zero-order valence-electron chi connectivity index (χ0n) is 13.5. The third-order valence-electron chi connectivity index (χ3n) is 3.89. The van der Waals surface area contributed by atoms with Crippen LogP contribution in [0.2, 0.25) is 0 Å². The molecule has 0 saturated heterocycles. The molecule has 0 aromatic carbocycles. The van der Waals surface area contributed by atoms with Crippen molar-refractivity contribution in [2.24, 2.45) is 0 Å². The minimum absolute atomic E-state index is 0.321. The van der Waals surface area contributed by atoms with Crippen LogP contribution in [0.3, 0.4) is 0 Å². The van der Waals surface area contributed by atoms with Gasteiger partial charge < -0.3 is 19.6 Å². The number of allylic oxidation sites excluding steroid dienone is 1. The maximum absolute atomic E-state index is 2.46. The molecule has 20 heavy (non-hydrogen) atoms. The van der Waals surface area contributed by atoms with Gasteiger partial charge in [0, 0.05) is 51.6 Å². The highest BCUT2D eigenvalue weighted by Crippen LogP contribution is 2.27. The lowest BCUT2D eigenvalue weighted by Crippen LogP contribution is -2.55. The maximum Gasteiger partial charge on any atom is 0.144 e. The van der Waals surface area contributed by atoms with Gasteiger partial charge >= 0.3 is 0 Å². The first-order valence-electron chi connectivity index (χ1n) is 7.53. The SMILES string of the molecule is CCCCN1C=CN(C)C1C1N(C)C=CN1C=C(C)C. The van der Waals surface area contributed by atoms with Gasteiger partial charge in [-0.05, 0) is 20.3 Å². The summed E-state index contributed by atoms with van der Waals surface area (Å²) in [5.74, 6) is 0. The zero-order chi connectivity index (χ0) is 14.7. The van der Waals surface area contributed by atoms with Crippen LogP contribution in [0.25, 0.3) is 0 Å². The summed E-state index contributed by atoms with van der Waals surface area (Å²) >= 11 is 0. The first-order valence-corrected chi connectivity index (χ1v) is 7.53. The third-order valence-corrected chi connectivity index (χ3v) is 3.89. The second-order valence-electron chi connectivity index (χ2n) is 6.00. The van der Waals surface area contributed by atoms with Gasteiger partial charge in [0.25, 0.3) is 0 Å². The minimum Gasteiger partial charge on any atom is -0.356 e. The molecule has 0 radical (unpaired) electrons. The van der Waals surface area contributed by atoms with Gasteiger partial charge in [0.1, 0.15) is 12.3 Å². The first-order chi connectivity index (χ1) is 9.54. The second-order valence-corrected chi connectivity index (χ2v) is 6.00. The maximum atomic E-state index is 2.46. The normalized spacial score (nSPS) is 25.1. The van der Waals surface area contributed by atoms with E-state index in [0.717, 1.165) is 6.54 Å². The molecule has 2 unspecified atom stereocenters. The van der Waals surface area contributed by atoms with E-state index in [1.807, 2.05) is 0 Å². The number of likely N-dealkylation sites (N-methyl/N-ethyl adjacent to an activating group) is 2. The highest BCUT2D eigenvalue weighted by molar-refractivity contribution is 5.11. The summed E-state index contributed by atoms with van der Waals surface area (Å²) in [5.41, 5.74) is 1.32. The van der Waals surface area contributed by atoms with Crippen LogP contribution >= 0.6 is 0 Å². The third kappa shape index (κ3) is 2.94. The fourth-order valence-corrected chi connectivity index (χ4v) is 2.88. The average Bonchev–Trinajstić information content (AvgIpc) is 2.90. The van der Waals surface area contributed by atoms with Gasteiger partial charge in [0.05, 0.1) is 0 Å². The van der Waals surface area contributed by atoms with Crippen LogP contribution in [0, 0.1) is 0 Å². The van der Waals surface area contributed by atoms with Crippen LogP contribution in [0.1, 0.15) is 33.6 Å². The number of hydrogen-bond donors (Lipinski definition) is 0. The fraction of sp³-hybridized carbons (Fsp3) is 0.625. The van der Waals surface area contributed by atoms with E-state index in [1.54, 1.807) is 0 Å². The highest BCUT2D eigenvalue weighted by Gasteiger charge is 2.38. The quantitative estimate of drug-likeness (QED) is 0.765. The van der Waals surface area contributed by atoms with Crippen molar-refractivity contribution in [3.8, 4) is 0 Å². The molecule has 4 nitrogen and oxygen atoms in total. The minimum atomic E-state index is 0.321. The number of rotatable bonds is 5. The zero-order valence-corrected chi connectivity index (χ0v) is 13.5. The molecule has 2 aliphatic rings. The van der Waals surface area contributed by atoms with E-state index in [-0.39, 0.29) is 0 Å². The fourth-order valence-electron chi connectivity index (χ4n) is 2.88. The smallest absolute Gasteiger partial charge is 0.144 e. The van der Waals surface area contributed by atoms with Crippen LogP contribution in [0.4, 0.5) is 0 Å². The molecule has 2 atom stereocenters. The molecule has 0 N–H and O–H groups in total. The molecule has 0 saturated carbocycles. The van der Waals surface area contributed by atoms with Gasteiger partial charge in [-0.2, -0.15) is 0 Å². The topological polar surface area (TPSA) is 13.0 Å².